The Morgan fingerprint density at radius 3 is 1.51 bits per heavy atom. The Balaban J connectivity index is 1.08. The SMILES string of the molecule is c1ccc(-c2ccc(-c3ccc(N(c4ccc5c(c4)sc4cc(-c6ccccc6)ccc45)c4ccc(-c5ccccc5)c5oc6ccccc6c45)cc3)cc2)cc1. The van der Waals surface area contributed by atoms with Crippen LogP contribution in [0.15, 0.2) is 217 Å². The predicted octanol–water partition coefficient (Wildman–Crippen LogP) is 16.1. The van der Waals surface area contributed by atoms with E-state index in [1.165, 1.54) is 53.6 Å². The smallest absolute Gasteiger partial charge is 0.145 e. The van der Waals surface area contributed by atoms with Crippen molar-refractivity contribution in [1.82, 2.24) is 0 Å². The van der Waals surface area contributed by atoms with Gasteiger partial charge in [0.05, 0.1) is 11.1 Å². The van der Waals surface area contributed by atoms with E-state index in [0.29, 0.717) is 0 Å². The van der Waals surface area contributed by atoms with E-state index in [9.17, 15) is 0 Å². The van der Waals surface area contributed by atoms with Gasteiger partial charge in [0.2, 0.25) is 0 Å². The Labute approximate surface area is 335 Å². The van der Waals surface area contributed by atoms with Crippen LogP contribution in [0.5, 0.6) is 0 Å². The number of para-hydroxylation sites is 1. The fraction of sp³-hybridized carbons (Fsp3) is 0. The van der Waals surface area contributed by atoms with Gasteiger partial charge in [-0.25, -0.2) is 0 Å². The first-order valence-corrected chi connectivity index (χ1v) is 20.1. The van der Waals surface area contributed by atoms with Gasteiger partial charge in [0.25, 0.3) is 0 Å². The Morgan fingerprint density at radius 1 is 0.351 bits per heavy atom. The summed E-state index contributed by atoms with van der Waals surface area (Å²) in [5, 5.41) is 4.74. The maximum atomic E-state index is 6.75. The van der Waals surface area contributed by atoms with Crippen LogP contribution in [0.1, 0.15) is 0 Å². The zero-order valence-electron chi connectivity index (χ0n) is 31.0. The monoisotopic (exact) mass is 745 g/mol. The number of anilines is 3. The molecule has 0 aliphatic heterocycles. The van der Waals surface area contributed by atoms with Gasteiger partial charge in [-0.2, -0.15) is 0 Å². The summed E-state index contributed by atoms with van der Waals surface area (Å²) in [4.78, 5) is 2.40. The number of furan rings is 1. The van der Waals surface area contributed by atoms with Crippen LogP contribution in [0, 0.1) is 0 Å². The predicted molar refractivity (Wildman–Crippen MR) is 243 cm³/mol. The molecule has 0 aliphatic rings. The second-order valence-electron chi connectivity index (χ2n) is 14.5. The molecule has 0 saturated carbocycles. The van der Waals surface area contributed by atoms with E-state index in [2.05, 4.69) is 211 Å². The summed E-state index contributed by atoms with van der Waals surface area (Å²) >= 11 is 1.85. The fourth-order valence-electron chi connectivity index (χ4n) is 8.27. The molecule has 9 aromatic carbocycles. The summed E-state index contributed by atoms with van der Waals surface area (Å²) in [6.07, 6.45) is 0. The van der Waals surface area contributed by atoms with Gasteiger partial charge in [0, 0.05) is 42.5 Å². The number of hydrogen-bond donors (Lipinski definition) is 0. The summed E-state index contributed by atoms with van der Waals surface area (Å²) in [6, 6.07) is 76.2. The lowest BCUT2D eigenvalue weighted by Crippen LogP contribution is -2.10. The quantitative estimate of drug-likeness (QED) is 0.162. The Kier molecular flexibility index (Phi) is 8.04. The van der Waals surface area contributed by atoms with E-state index in [0.717, 1.165) is 50.1 Å². The van der Waals surface area contributed by atoms with E-state index < -0.39 is 0 Å². The molecule has 0 spiro atoms. The highest BCUT2D eigenvalue weighted by Gasteiger charge is 2.23. The minimum atomic E-state index is 0.876. The van der Waals surface area contributed by atoms with Crippen LogP contribution in [-0.4, -0.2) is 0 Å². The maximum Gasteiger partial charge on any atom is 0.145 e. The molecule has 11 aromatic rings. The molecule has 2 aromatic heterocycles. The molecule has 0 unspecified atom stereocenters. The number of fused-ring (bicyclic) bond motifs is 6. The summed E-state index contributed by atoms with van der Waals surface area (Å²) in [7, 11) is 0. The third-order valence-electron chi connectivity index (χ3n) is 11.1. The van der Waals surface area contributed by atoms with Gasteiger partial charge < -0.3 is 9.32 Å². The Hall–Kier alpha value is -7.20. The van der Waals surface area contributed by atoms with Crippen molar-refractivity contribution >= 4 is 70.5 Å². The summed E-state index contributed by atoms with van der Waals surface area (Å²) in [5.41, 5.74) is 14.5. The van der Waals surface area contributed by atoms with E-state index in [1.807, 2.05) is 17.4 Å². The Bertz CT molecular complexity index is 3200. The average molecular weight is 746 g/mol. The van der Waals surface area contributed by atoms with Gasteiger partial charge in [-0.3, -0.25) is 0 Å². The van der Waals surface area contributed by atoms with Gasteiger partial charge in [-0.05, 0) is 87.5 Å². The summed E-state index contributed by atoms with van der Waals surface area (Å²) in [5.74, 6) is 0. The van der Waals surface area contributed by atoms with Crippen molar-refractivity contribution in [2.75, 3.05) is 4.90 Å². The van der Waals surface area contributed by atoms with E-state index in [1.54, 1.807) is 0 Å². The van der Waals surface area contributed by atoms with Crippen LogP contribution >= 0.6 is 11.3 Å². The van der Waals surface area contributed by atoms with Gasteiger partial charge in [0.1, 0.15) is 11.2 Å². The lowest BCUT2D eigenvalue weighted by atomic mass is 9.99. The zero-order chi connectivity index (χ0) is 37.7. The van der Waals surface area contributed by atoms with Crippen LogP contribution in [0.3, 0.4) is 0 Å². The number of thiophene rings is 1. The summed E-state index contributed by atoms with van der Waals surface area (Å²) < 4.78 is 9.29. The van der Waals surface area contributed by atoms with Gasteiger partial charge in [0.15, 0.2) is 0 Å². The highest BCUT2D eigenvalue weighted by molar-refractivity contribution is 7.25. The molecule has 57 heavy (non-hydrogen) atoms. The molecular formula is C54H35NOS. The first-order valence-electron chi connectivity index (χ1n) is 19.3. The molecule has 2 heterocycles. The van der Waals surface area contributed by atoms with E-state index in [4.69, 9.17) is 4.42 Å². The first-order chi connectivity index (χ1) is 28.2. The van der Waals surface area contributed by atoms with Crippen molar-refractivity contribution in [3.63, 3.8) is 0 Å². The zero-order valence-corrected chi connectivity index (χ0v) is 31.8. The standard InChI is InChI=1S/C54H35NOS/c1-4-12-36(13-5-1)38-20-22-39(23-21-38)40-24-27-43(28-25-40)55(44-29-31-47-46-30-26-42(37-14-6-2-7-15-37)34-51(46)57-52(47)35-44)49-33-32-45(41-16-8-3-9-17-41)54-53(49)48-18-10-11-19-50(48)56-54/h1-35H. The molecule has 2 nitrogen and oxygen atoms in total. The van der Waals surface area contributed by atoms with Crippen molar-refractivity contribution in [1.29, 1.82) is 0 Å². The normalized spacial score (nSPS) is 11.5. The molecule has 0 N–H and O–H groups in total. The molecule has 3 heteroatoms. The summed E-state index contributed by atoms with van der Waals surface area (Å²) in [6.45, 7) is 0. The first kappa shape index (κ1) is 33.2. The third kappa shape index (κ3) is 5.88. The van der Waals surface area contributed by atoms with Crippen molar-refractivity contribution < 1.29 is 4.42 Å². The van der Waals surface area contributed by atoms with Gasteiger partial charge >= 0.3 is 0 Å². The van der Waals surface area contributed by atoms with Crippen molar-refractivity contribution in [2.45, 2.75) is 0 Å². The van der Waals surface area contributed by atoms with Crippen molar-refractivity contribution in [3.8, 4) is 44.5 Å². The fourth-order valence-corrected chi connectivity index (χ4v) is 9.45. The number of benzene rings is 9. The van der Waals surface area contributed by atoms with Crippen LogP contribution < -0.4 is 4.90 Å². The number of nitrogens with zero attached hydrogens (tertiary/aromatic N) is 1. The third-order valence-corrected chi connectivity index (χ3v) is 12.2. The van der Waals surface area contributed by atoms with Crippen LogP contribution in [0.2, 0.25) is 0 Å². The lowest BCUT2D eigenvalue weighted by Gasteiger charge is -2.27. The largest absolute Gasteiger partial charge is 0.455 e. The van der Waals surface area contributed by atoms with Crippen LogP contribution in [-0.2, 0) is 0 Å². The average Bonchev–Trinajstić information content (AvgIpc) is 3.86. The van der Waals surface area contributed by atoms with Crippen LogP contribution in [0.25, 0.3) is 86.6 Å². The molecule has 0 atom stereocenters. The number of rotatable bonds is 7. The molecular weight excluding hydrogens is 711 g/mol. The molecule has 11 rings (SSSR count). The Morgan fingerprint density at radius 2 is 0.842 bits per heavy atom. The van der Waals surface area contributed by atoms with E-state index >= 15 is 0 Å². The molecule has 0 aliphatic carbocycles. The topological polar surface area (TPSA) is 16.4 Å². The molecule has 0 radical (unpaired) electrons. The highest BCUT2D eigenvalue weighted by atomic mass is 32.1. The molecule has 0 bridgehead atoms. The molecule has 268 valence electrons. The number of hydrogen-bond acceptors (Lipinski definition) is 3. The lowest BCUT2D eigenvalue weighted by molar-refractivity contribution is 0.670. The highest BCUT2D eigenvalue weighted by Crippen LogP contribution is 2.48. The minimum absolute atomic E-state index is 0.876. The second-order valence-corrected chi connectivity index (χ2v) is 15.6. The second kappa shape index (κ2) is 13.8. The maximum absolute atomic E-state index is 6.75. The van der Waals surface area contributed by atoms with Gasteiger partial charge in [-0.15, -0.1) is 11.3 Å². The molecule has 0 fully saturated rings. The van der Waals surface area contributed by atoms with Gasteiger partial charge in [-0.1, -0.05) is 164 Å². The molecule has 0 saturated heterocycles. The van der Waals surface area contributed by atoms with Crippen molar-refractivity contribution in [3.05, 3.63) is 212 Å². The minimum Gasteiger partial charge on any atom is -0.455 e. The van der Waals surface area contributed by atoms with Crippen molar-refractivity contribution in [2.24, 2.45) is 0 Å². The van der Waals surface area contributed by atoms with E-state index in [-0.39, 0.29) is 0 Å². The molecule has 0 amide bonds. The van der Waals surface area contributed by atoms with Crippen LogP contribution in [0.4, 0.5) is 17.1 Å².